The first-order valence-corrected chi connectivity index (χ1v) is 16.7. The smallest absolute Gasteiger partial charge is 0.493 e. The fraction of sp³-hybridized carbons (Fsp3) is 0.419. The summed E-state index contributed by atoms with van der Waals surface area (Å²) < 4.78 is 55.7. The highest BCUT2D eigenvalue weighted by Gasteiger charge is 2.68. The molecule has 16 nitrogen and oxygen atoms in total. The van der Waals surface area contributed by atoms with Crippen molar-refractivity contribution in [3.8, 4) is 11.5 Å². The zero-order valence-corrected chi connectivity index (χ0v) is 27.4. The van der Waals surface area contributed by atoms with Gasteiger partial charge in [0.2, 0.25) is 0 Å². The topological polar surface area (TPSA) is 215 Å². The fourth-order valence-corrected chi connectivity index (χ4v) is 6.71. The van der Waals surface area contributed by atoms with Crippen LogP contribution in [-0.4, -0.2) is 58.8 Å². The zero-order chi connectivity index (χ0) is 34.5. The molecule has 0 aliphatic carbocycles. The number of anilines is 1. The van der Waals surface area contributed by atoms with Gasteiger partial charge in [-0.2, -0.15) is 4.98 Å². The van der Waals surface area contributed by atoms with Crippen LogP contribution in [0.25, 0.3) is 0 Å². The van der Waals surface area contributed by atoms with E-state index >= 15 is 0 Å². The minimum absolute atomic E-state index is 0.00664. The molecule has 5 N–H and O–H groups in total. The van der Waals surface area contributed by atoms with Gasteiger partial charge in [0, 0.05) is 12.6 Å². The van der Waals surface area contributed by atoms with E-state index in [0.29, 0.717) is 12.8 Å². The van der Waals surface area contributed by atoms with E-state index in [0.717, 1.165) is 10.1 Å². The van der Waals surface area contributed by atoms with E-state index < -0.39 is 61.9 Å². The van der Waals surface area contributed by atoms with E-state index in [2.05, 4.69) is 10.3 Å². The number of carbonyl (C=O) groups excluding carboxylic acids is 2. The first-order chi connectivity index (χ1) is 23.0. The van der Waals surface area contributed by atoms with E-state index in [1.54, 1.807) is 42.5 Å². The Morgan fingerprint density at radius 2 is 1.81 bits per heavy atom. The third kappa shape index (κ3) is 7.70. The molecule has 0 bridgehead atoms. The van der Waals surface area contributed by atoms with Crippen LogP contribution >= 0.6 is 7.82 Å². The molecule has 2 aromatic carbocycles. The number of esters is 2. The number of benzene rings is 2. The largest absolute Gasteiger partial charge is 0.532 e. The number of hydrogen-bond acceptors (Lipinski definition) is 15. The number of fused-ring (bicyclic) bond motifs is 1. The summed E-state index contributed by atoms with van der Waals surface area (Å²) >= 11 is 0. The Balaban J connectivity index is 1.51. The van der Waals surface area contributed by atoms with Crippen LogP contribution in [0.15, 0.2) is 71.7 Å². The lowest BCUT2D eigenvalue weighted by atomic mass is 10.0. The predicted molar refractivity (Wildman–Crippen MR) is 169 cm³/mol. The number of phosphoric acid groups is 1. The number of nitrogen functional groups attached to an aromatic ring is 1. The molecule has 2 aliphatic heterocycles. The maximum Gasteiger partial charge on any atom is 0.532 e. The van der Waals surface area contributed by atoms with Crippen molar-refractivity contribution in [2.45, 2.75) is 76.1 Å². The quantitative estimate of drug-likeness (QED) is 0.174. The second-order valence-electron chi connectivity index (χ2n) is 11.1. The molecular formula is C31H38N5O11P. The number of rotatable bonds is 13. The lowest BCUT2D eigenvalue weighted by Crippen LogP contribution is -2.69. The van der Waals surface area contributed by atoms with Gasteiger partial charge in [0.1, 0.15) is 18.5 Å². The van der Waals surface area contributed by atoms with Gasteiger partial charge >= 0.3 is 25.5 Å². The molecule has 1 aromatic heterocycles. The van der Waals surface area contributed by atoms with E-state index in [1.165, 1.54) is 32.4 Å². The summed E-state index contributed by atoms with van der Waals surface area (Å²) in [4.78, 5) is 42.8. The number of aromatic nitrogens is 2. The van der Waals surface area contributed by atoms with Crippen LogP contribution < -0.4 is 31.7 Å². The van der Waals surface area contributed by atoms with Crippen molar-refractivity contribution in [2.24, 2.45) is 5.73 Å². The summed E-state index contributed by atoms with van der Waals surface area (Å²) in [5.74, 6) is -1.23. The standard InChI is InChI=1S/C31H38N5O11P/c1-4-5-15-24(37)43-25-26-31(33,44-27(25)36-17-16-23(32)35-30(36)39)29(34-19(2)28(38)42-18-20-11-7-6-8-12-20)47-48(40,46-26)45-22-14-10-9-13-21(22)41-3/h6-14,16-17,19,25-27,29,34H,4-5,15,18,33H2,1-3H3,(H2,32,35,39)/t19-,25+,26-,27+,29?,31+,48?/m0/s1. The van der Waals surface area contributed by atoms with E-state index in [1.807, 2.05) is 13.0 Å². The lowest BCUT2D eigenvalue weighted by molar-refractivity contribution is -0.190. The number of nitrogens with zero attached hydrogens (tertiary/aromatic N) is 2. The van der Waals surface area contributed by atoms with Gasteiger partial charge in [0.05, 0.1) is 7.11 Å². The van der Waals surface area contributed by atoms with Gasteiger partial charge in [-0.1, -0.05) is 55.8 Å². The van der Waals surface area contributed by atoms with Gasteiger partial charge in [-0.15, -0.1) is 0 Å². The Hall–Kier alpha value is -4.31. The summed E-state index contributed by atoms with van der Waals surface area (Å²) in [7, 11) is -3.32. The summed E-state index contributed by atoms with van der Waals surface area (Å²) in [5, 5.41) is 2.87. The van der Waals surface area contributed by atoms with E-state index in [4.69, 9.17) is 44.0 Å². The van der Waals surface area contributed by atoms with Crippen LogP contribution in [-0.2, 0) is 44.0 Å². The summed E-state index contributed by atoms with van der Waals surface area (Å²) in [6, 6.07) is 15.5. The summed E-state index contributed by atoms with van der Waals surface area (Å²) in [5.41, 5.74) is 10.3. The van der Waals surface area contributed by atoms with Crippen LogP contribution in [0.3, 0.4) is 0 Å². The SMILES string of the molecule is CCCCC(=O)O[C@H]1[C@H](n2ccc(N)nc2=O)O[C@@]2(N)C(N[C@@H](C)C(=O)OCc3ccccc3)OP(=O)(Oc3ccccc3OC)O[C@@H]12. The second kappa shape index (κ2) is 14.8. The molecule has 0 saturated carbocycles. The molecule has 0 amide bonds. The molecule has 2 fully saturated rings. The monoisotopic (exact) mass is 687 g/mol. The van der Waals surface area contributed by atoms with Crippen molar-refractivity contribution in [2.75, 3.05) is 12.8 Å². The Bertz CT molecular complexity index is 1710. The van der Waals surface area contributed by atoms with Crippen LogP contribution in [0.4, 0.5) is 5.82 Å². The van der Waals surface area contributed by atoms with Gasteiger partial charge in [-0.25, -0.2) is 9.36 Å². The molecule has 2 saturated heterocycles. The number of para-hydroxylation sites is 2. The third-order valence-corrected chi connectivity index (χ3v) is 9.00. The molecule has 258 valence electrons. The number of hydrogen-bond donors (Lipinski definition) is 3. The van der Waals surface area contributed by atoms with Crippen LogP contribution in [0, 0.1) is 0 Å². The number of ether oxygens (including phenoxy) is 4. The molecule has 48 heavy (non-hydrogen) atoms. The first-order valence-electron chi connectivity index (χ1n) is 15.2. The van der Waals surface area contributed by atoms with Crippen molar-refractivity contribution in [3.63, 3.8) is 0 Å². The number of unbranched alkanes of at least 4 members (excludes halogenated alkanes) is 1. The Kier molecular flexibility index (Phi) is 10.8. The predicted octanol–water partition coefficient (Wildman–Crippen LogP) is 2.77. The van der Waals surface area contributed by atoms with Crippen LogP contribution in [0.5, 0.6) is 11.5 Å². The minimum Gasteiger partial charge on any atom is -0.493 e. The normalized spacial score (nSPS) is 27.0. The molecule has 7 atom stereocenters. The highest BCUT2D eigenvalue weighted by molar-refractivity contribution is 7.49. The van der Waals surface area contributed by atoms with E-state index in [-0.39, 0.29) is 30.3 Å². The Labute approximate surface area is 276 Å². The zero-order valence-electron chi connectivity index (χ0n) is 26.6. The minimum atomic E-state index is -4.70. The molecule has 0 radical (unpaired) electrons. The Morgan fingerprint density at radius 1 is 1.10 bits per heavy atom. The van der Waals surface area contributed by atoms with Gasteiger partial charge in [-0.3, -0.25) is 34.3 Å². The third-order valence-electron chi connectivity index (χ3n) is 7.62. The average molecular weight is 688 g/mol. The van der Waals surface area contributed by atoms with Gasteiger partial charge in [0.15, 0.2) is 41.9 Å². The van der Waals surface area contributed by atoms with Gasteiger partial charge in [-0.05, 0) is 37.1 Å². The van der Waals surface area contributed by atoms with Crippen molar-refractivity contribution < 1.29 is 46.7 Å². The number of nitrogens with one attached hydrogen (secondary N) is 1. The van der Waals surface area contributed by atoms with Crippen LogP contribution in [0.1, 0.15) is 44.9 Å². The number of carbonyl (C=O) groups is 2. The first kappa shape index (κ1) is 35.0. The molecular weight excluding hydrogens is 649 g/mol. The van der Waals surface area contributed by atoms with Gasteiger partial charge in [0.25, 0.3) is 0 Å². The molecule has 2 unspecified atom stereocenters. The average Bonchev–Trinajstić information content (AvgIpc) is 3.34. The number of phosphoric ester groups is 1. The second-order valence-corrected chi connectivity index (χ2v) is 12.6. The lowest BCUT2D eigenvalue weighted by Gasteiger charge is -2.44. The Morgan fingerprint density at radius 3 is 2.50 bits per heavy atom. The fourth-order valence-electron chi connectivity index (χ4n) is 5.13. The molecule has 0 spiro atoms. The van der Waals surface area contributed by atoms with Crippen molar-refractivity contribution in [3.05, 3.63) is 82.9 Å². The van der Waals surface area contributed by atoms with Crippen LogP contribution in [0.2, 0.25) is 0 Å². The number of methoxy groups -OCH3 is 1. The van der Waals surface area contributed by atoms with Crippen molar-refractivity contribution in [1.29, 1.82) is 0 Å². The molecule has 5 rings (SSSR count). The van der Waals surface area contributed by atoms with E-state index in [9.17, 15) is 18.9 Å². The molecule has 3 heterocycles. The summed E-state index contributed by atoms with van der Waals surface area (Å²) in [6.45, 7) is 3.35. The highest BCUT2D eigenvalue weighted by atomic mass is 31.2. The molecule has 3 aromatic rings. The van der Waals surface area contributed by atoms with Gasteiger partial charge < -0.3 is 29.2 Å². The maximum atomic E-state index is 14.4. The highest BCUT2D eigenvalue weighted by Crippen LogP contribution is 2.61. The molecule has 2 aliphatic rings. The van der Waals surface area contributed by atoms with Crippen molar-refractivity contribution >= 4 is 25.6 Å². The number of nitrogens with two attached hydrogens (primary N) is 2. The maximum absolute atomic E-state index is 14.4. The molecule has 17 heteroatoms. The van der Waals surface area contributed by atoms with Crippen molar-refractivity contribution in [1.82, 2.24) is 14.9 Å². The summed E-state index contributed by atoms with van der Waals surface area (Å²) in [6.07, 6.45) is -3.65.